The topological polar surface area (TPSA) is 26.0 Å². The molecule has 0 aliphatic carbocycles. The van der Waals surface area contributed by atoms with Crippen molar-refractivity contribution in [3.05, 3.63) is 41.3 Å². The van der Waals surface area contributed by atoms with Gasteiger partial charge in [-0.25, -0.2) is 0 Å². The Kier molecular flexibility index (Phi) is 7.34. The predicted molar refractivity (Wildman–Crippen MR) is 82.0 cm³/mol. The number of thiophene rings is 1. The summed E-state index contributed by atoms with van der Waals surface area (Å²) in [5, 5.41) is 2.10. The molecule has 2 N–H and O–H groups in total. The Morgan fingerprint density at radius 1 is 1.11 bits per heavy atom. The van der Waals surface area contributed by atoms with Crippen molar-refractivity contribution in [3.8, 4) is 10.4 Å². The molecule has 0 saturated carbocycles. The molecule has 0 fully saturated rings. The van der Waals surface area contributed by atoms with Crippen LogP contribution in [0.4, 0.5) is 5.69 Å². The number of nitrogens with two attached hydrogens (primary N) is 1. The van der Waals surface area contributed by atoms with E-state index in [9.17, 15) is 0 Å². The van der Waals surface area contributed by atoms with Crippen LogP contribution >= 0.6 is 11.3 Å². The Balaban J connectivity index is 0.00000180. The second-order valence-electron chi connectivity index (χ2n) is 4.71. The van der Waals surface area contributed by atoms with Gasteiger partial charge >= 0.3 is 0 Å². The first-order valence-electron chi connectivity index (χ1n) is 6.73. The van der Waals surface area contributed by atoms with Crippen LogP contribution in [-0.4, -0.2) is 0 Å². The normalized spacial score (nSPS) is 10.2. The van der Waals surface area contributed by atoms with E-state index in [1.807, 2.05) is 6.07 Å². The molecule has 0 amide bonds. The third-order valence-electron chi connectivity index (χ3n) is 3.22. The Hall–Kier alpha value is -0.657. The molecule has 0 atom stereocenters. The molecule has 1 nitrogen and oxygen atoms in total. The van der Waals surface area contributed by atoms with Crippen LogP contribution in [0.3, 0.4) is 0 Å². The second-order valence-corrected chi connectivity index (χ2v) is 5.66. The summed E-state index contributed by atoms with van der Waals surface area (Å²) in [5.41, 5.74) is 9.55. The first-order valence-corrected chi connectivity index (χ1v) is 7.61. The van der Waals surface area contributed by atoms with Crippen molar-refractivity contribution in [1.29, 1.82) is 0 Å². The summed E-state index contributed by atoms with van der Waals surface area (Å²) in [7, 11) is 0. The summed E-state index contributed by atoms with van der Waals surface area (Å²) in [6.07, 6.45) is 6.41. The number of rotatable bonds is 6. The Morgan fingerprint density at radius 3 is 2.63 bits per heavy atom. The summed E-state index contributed by atoms with van der Waals surface area (Å²) in [4.78, 5) is 1.27. The molecule has 0 aliphatic rings. The van der Waals surface area contributed by atoms with Gasteiger partial charge in [0.1, 0.15) is 0 Å². The molecule has 0 bridgehead atoms. The van der Waals surface area contributed by atoms with Gasteiger partial charge in [0.25, 0.3) is 0 Å². The van der Waals surface area contributed by atoms with E-state index in [0.717, 1.165) is 5.69 Å². The molecule has 98 valence electrons. The average Bonchev–Trinajstić information content (AvgIpc) is 2.90. The minimum absolute atomic E-state index is 0. The van der Waals surface area contributed by atoms with E-state index in [1.54, 1.807) is 11.3 Å². The van der Waals surface area contributed by atoms with Gasteiger partial charge in [0.15, 0.2) is 0 Å². The first kappa shape index (κ1) is 16.4. The van der Waals surface area contributed by atoms with Gasteiger partial charge in [0.05, 0.1) is 0 Å². The molecule has 3 heteroatoms. The van der Waals surface area contributed by atoms with Crippen molar-refractivity contribution in [2.75, 3.05) is 5.73 Å². The van der Waals surface area contributed by atoms with Gasteiger partial charge in [-0.3, -0.25) is 0 Å². The standard InChI is InChI=1S/C16H21NS.Zn/c1-2-3-4-5-7-13-9-10-15(17)14(12-13)16-8-6-11-18-16;/h6,8-12H,2-5,7,17H2,1H3;. The van der Waals surface area contributed by atoms with E-state index >= 15 is 0 Å². The second kappa shape index (κ2) is 8.50. The van der Waals surface area contributed by atoms with Gasteiger partial charge in [-0.2, -0.15) is 0 Å². The van der Waals surface area contributed by atoms with Crippen molar-refractivity contribution < 1.29 is 19.5 Å². The summed E-state index contributed by atoms with van der Waals surface area (Å²) in [6, 6.07) is 10.7. The van der Waals surface area contributed by atoms with Gasteiger partial charge in [-0.15, -0.1) is 11.3 Å². The Labute approximate surface area is 133 Å². The first-order chi connectivity index (χ1) is 8.81. The Morgan fingerprint density at radius 2 is 1.95 bits per heavy atom. The molecule has 1 heterocycles. The molecule has 0 unspecified atom stereocenters. The fourth-order valence-corrected chi connectivity index (χ4v) is 2.92. The van der Waals surface area contributed by atoms with Crippen LogP contribution in [0.2, 0.25) is 0 Å². The van der Waals surface area contributed by atoms with Crippen LogP contribution in [0.15, 0.2) is 35.7 Å². The van der Waals surface area contributed by atoms with Crippen molar-refractivity contribution in [3.63, 3.8) is 0 Å². The third kappa shape index (κ3) is 4.74. The van der Waals surface area contributed by atoms with E-state index in [-0.39, 0.29) is 19.5 Å². The summed E-state index contributed by atoms with van der Waals surface area (Å²) in [6.45, 7) is 2.25. The van der Waals surface area contributed by atoms with E-state index in [1.165, 1.54) is 48.1 Å². The van der Waals surface area contributed by atoms with E-state index < -0.39 is 0 Å². The number of nitrogen functional groups attached to an aromatic ring is 1. The van der Waals surface area contributed by atoms with Gasteiger partial charge in [0, 0.05) is 35.6 Å². The number of anilines is 1. The molecule has 2 rings (SSSR count). The summed E-state index contributed by atoms with van der Waals surface area (Å²) >= 11 is 1.75. The fraction of sp³-hybridized carbons (Fsp3) is 0.375. The van der Waals surface area contributed by atoms with Crippen LogP contribution in [-0.2, 0) is 25.9 Å². The zero-order valence-corrected chi connectivity index (χ0v) is 15.5. The van der Waals surface area contributed by atoms with Crippen LogP contribution in [0.1, 0.15) is 38.2 Å². The molecule has 1 aromatic carbocycles. The molecular formula is C16H21NSZn. The number of hydrogen-bond acceptors (Lipinski definition) is 2. The van der Waals surface area contributed by atoms with Gasteiger partial charge in [0.2, 0.25) is 0 Å². The number of hydrogen-bond donors (Lipinski definition) is 1. The number of aryl methyl sites for hydroxylation is 1. The van der Waals surface area contributed by atoms with Crippen LogP contribution < -0.4 is 5.73 Å². The molecule has 0 spiro atoms. The SMILES string of the molecule is CCCCCCc1ccc(N)c(-c2cccs2)c1.[Zn]. The van der Waals surface area contributed by atoms with E-state index in [0.29, 0.717) is 0 Å². The van der Waals surface area contributed by atoms with Crippen LogP contribution in [0.5, 0.6) is 0 Å². The molecule has 0 saturated heterocycles. The molecule has 0 radical (unpaired) electrons. The smallest absolute Gasteiger partial charge is 0.0402 e. The molecule has 1 aromatic heterocycles. The molecule has 19 heavy (non-hydrogen) atoms. The number of unbranched alkanes of at least 4 members (excludes halogenated alkanes) is 3. The molecular weight excluding hydrogens is 304 g/mol. The van der Waals surface area contributed by atoms with Crippen molar-refractivity contribution >= 4 is 17.0 Å². The zero-order chi connectivity index (χ0) is 12.8. The maximum absolute atomic E-state index is 6.06. The largest absolute Gasteiger partial charge is 0.398 e. The average molecular weight is 325 g/mol. The van der Waals surface area contributed by atoms with Crippen molar-refractivity contribution in [1.82, 2.24) is 0 Å². The minimum Gasteiger partial charge on any atom is -0.398 e. The molecule has 0 aliphatic heterocycles. The minimum atomic E-state index is 0. The zero-order valence-electron chi connectivity index (χ0n) is 11.7. The third-order valence-corrected chi connectivity index (χ3v) is 4.13. The monoisotopic (exact) mass is 323 g/mol. The summed E-state index contributed by atoms with van der Waals surface area (Å²) in [5.74, 6) is 0. The van der Waals surface area contributed by atoms with Gasteiger partial charge in [-0.1, -0.05) is 38.3 Å². The predicted octanol–water partition coefficient (Wildman–Crippen LogP) is 5.12. The number of benzene rings is 1. The van der Waals surface area contributed by atoms with Crippen molar-refractivity contribution in [2.24, 2.45) is 0 Å². The van der Waals surface area contributed by atoms with Crippen LogP contribution in [0, 0.1) is 0 Å². The maximum atomic E-state index is 6.06. The quantitative estimate of drug-likeness (QED) is 0.445. The van der Waals surface area contributed by atoms with Crippen LogP contribution in [0.25, 0.3) is 10.4 Å². The maximum Gasteiger partial charge on any atom is 0.0402 e. The van der Waals surface area contributed by atoms with Crippen molar-refractivity contribution in [2.45, 2.75) is 39.0 Å². The fourth-order valence-electron chi connectivity index (χ4n) is 2.16. The van der Waals surface area contributed by atoms with Gasteiger partial charge < -0.3 is 5.73 Å². The summed E-state index contributed by atoms with van der Waals surface area (Å²) < 4.78 is 0. The van der Waals surface area contributed by atoms with E-state index in [2.05, 4.69) is 36.6 Å². The molecule has 2 aromatic rings. The Bertz CT molecular complexity index is 479. The van der Waals surface area contributed by atoms with Gasteiger partial charge in [-0.05, 0) is 42.0 Å². The van der Waals surface area contributed by atoms with E-state index in [4.69, 9.17) is 5.73 Å².